The number of primary amides is 3. The van der Waals surface area contributed by atoms with E-state index in [1.165, 1.54) is 59.0 Å². The predicted octanol–water partition coefficient (Wildman–Crippen LogP) is 0.419. The maximum atomic E-state index is 15.6. The summed E-state index contributed by atoms with van der Waals surface area (Å²) in [6, 6.07) is 7.21. The number of nitrogens with two attached hydrogens (primary N) is 6. The average molecular weight is 2040 g/mol. The van der Waals surface area contributed by atoms with Crippen LogP contribution in [0.2, 0.25) is 0 Å². The molecule has 790 valence electrons. The van der Waals surface area contributed by atoms with E-state index in [-0.39, 0.29) is 80.3 Å². The lowest BCUT2D eigenvalue weighted by molar-refractivity contribution is -0.143. The number of phenolic OH excluding ortho intramolecular Hbond substituents is 1. The zero-order chi connectivity index (χ0) is 107. The van der Waals surface area contributed by atoms with Crippen LogP contribution in [0.4, 0.5) is 13.2 Å². The maximum Gasteiger partial charge on any atom is 0.416 e. The Morgan fingerprint density at radius 3 is 1.48 bits per heavy atom. The molecule has 1 aliphatic carbocycles. The van der Waals surface area contributed by atoms with E-state index in [0.717, 1.165) is 41.9 Å². The van der Waals surface area contributed by atoms with Crippen molar-refractivity contribution in [2.75, 3.05) is 31.6 Å². The molecular formula is C100H137F3N20O21S. The summed E-state index contributed by atoms with van der Waals surface area (Å²) in [5.41, 5.74) is 36.4. The Morgan fingerprint density at radius 1 is 0.490 bits per heavy atom. The fourth-order valence-corrected chi connectivity index (χ4v) is 17.5. The van der Waals surface area contributed by atoms with Crippen LogP contribution in [0.5, 0.6) is 5.75 Å². The van der Waals surface area contributed by atoms with Gasteiger partial charge in [0.05, 0.1) is 23.7 Å². The lowest BCUT2D eigenvalue weighted by Gasteiger charge is -2.32. The molecule has 5 aromatic rings. The second-order valence-corrected chi connectivity index (χ2v) is 38.4. The number of benzene rings is 5. The number of phenols is 1. The van der Waals surface area contributed by atoms with Gasteiger partial charge >= 0.3 is 12.1 Å². The van der Waals surface area contributed by atoms with Crippen molar-refractivity contribution in [1.29, 1.82) is 0 Å². The standard InChI is InChI=1S/C100H137F3N20O21S/c1-54(2)44-74-91(136)112-72(41-43-105)90(135)118-77(46-59-20-13-9-14-21-59)96(141)122-84(55(3)4)98(143)113-71(36-38-81(107)126)89(134)121-80(97(142)110-69(40-42-104)85(109)130)53-145-52-67(125)50-68(56(5)106)87(132)116-75(48-61-28-33-66(124)34-29-61)94(139)120-79(51-83(128)129)95(140)119-78(49-62-22-17-25-65(45-62)100(101,102)103)92(137)111-70(35-30-58-18-11-8-12-19-58)88(133)117-76(47-60-26-31-64(32-27-60)63-23-15-10-16-24-63)93(138)114-73(37-39-82(108)127)99(144)123(7)57(6)86(131)115-74/h8,10-12,15-19,22-29,31-34,45,54-57,59,68-80,84,124H,9,13-14,20-21,30,35-44,46-53,104-106H2,1-7H3,(H2,107,126)(H2,108,127)(H2,109,130)(H,110,142)(H,111,137)(H,112,136)(H,113,143)(H,114,138)(H,115,131)(H,116,132)(H,117,133)(H,118,135)(H,119,140)(H,120,139)(H,121,134)(H,122,141)(H,128,129)/t56-,57+,68+,69+,70+,71+,72+,73+,74-,75+,76+,77+,78+,79+,80+,84+/m1/s1. The summed E-state index contributed by atoms with van der Waals surface area (Å²) in [4.78, 5) is 277. The Balaban J connectivity index is 1.37. The largest absolute Gasteiger partial charge is 0.508 e. The predicted molar refractivity (Wildman–Crippen MR) is 530 cm³/mol. The molecule has 0 bridgehead atoms. The van der Waals surface area contributed by atoms with Gasteiger partial charge in [-0.05, 0) is 148 Å². The number of rotatable bonds is 31. The maximum absolute atomic E-state index is 15.6. The first kappa shape index (κ1) is 118. The number of thioether (sulfide) groups is 1. The van der Waals surface area contributed by atoms with Crippen LogP contribution in [0.3, 0.4) is 0 Å². The number of carbonyl (C=O) groups is 19. The number of Topliss-reactive ketones (excluding diaryl/α,β-unsaturated/α-hetero) is 1. The molecule has 2 fully saturated rings. The number of carboxylic acids is 1. The van der Waals surface area contributed by atoms with Crippen molar-refractivity contribution in [1.82, 2.24) is 74.0 Å². The monoisotopic (exact) mass is 2040 g/mol. The molecule has 7 rings (SSSR count). The second-order valence-electron chi connectivity index (χ2n) is 37.4. The van der Waals surface area contributed by atoms with Gasteiger partial charge in [0.15, 0.2) is 0 Å². The van der Waals surface area contributed by atoms with E-state index in [0.29, 0.717) is 53.4 Å². The van der Waals surface area contributed by atoms with E-state index < -0.39 is 296 Å². The van der Waals surface area contributed by atoms with Crippen LogP contribution in [0.1, 0.15) is 172 Å². The van der Waals surface area contributed by atoms with Crippen LogP contribution >= 0.6 is 11.8 Å². The fraction of sp³-hybridized carbons (Fsp3) is 0.510. The van der Waals surface area contributed by atoms with Gasteiger partial charge < -0.3 is 119 Å². The zero-order valence-corrected chi connectivity index (χ0v) is 83.1. The Labute approximate surface area is 842 Å². The summed E-state index contributed by atoms with van der Waals surface area (Å²) < 4.78 is 43.9. The minimum Gasteiger partial charge on any atom is -0.508 e. The number of likely N-dealkylation sites (N-methyl/N-ethyl adjacent to an activating group) is 1. The number of hydrogen-bond donors (Lipinski definition) is 21. The number of ketones is 1. The second kappa shape index (κ2) is 58.1. The number of aliphatic carboxylic acids is 1. The van der Waals surface area contributed by atoms with E-state index in [9.17, 15) is 80.9 Å². The molecule has 145 heavy (non-hydrogen) atoms. The Hall–Kier alpha value is -13.9. The topological polar surface area (TPSA) is 681 Å². The highest BCUT2D eigenvalue weighted by atomic mass is 32.2. The first-order chi connectivity index (χ1) is 68.6. The minimum absolute atomic E-state index is 0.00282. The number of carboxylic acid groups (broad SMARTS) is 1. The molecule has 1 saturated heterocycles. The molecule has 0 aromatic heterocycles. The van der Waals surface area contributed by atoms with Crippen molar-refractivity contribution < 1.29 is 114 Å². The molecule has 1 aliphatic heterocycles. The van der Waals surface area contributed by atoms with Crippen LogP contribution in [-0.2, 0) is 123 Å². The van der Waals surface area contributed by atoms with Gasteiger partial charge in [-0.3, -0.25) is 91.1 Å². The molecule has 41 nitrogen and oxygen atoms in total. The van der Waals surface area contributed by atoms with Crippen molar-refractivity contribution in [3.8, 4) is 16.9 Å². The first-order valence-corrected chi connectivity index (χ1v) is 49.4. The van der Waals surface area contributed by atoms with E-state index in [1.807, 2.05) is 12.1 Å². The van der Waals surface area contributed by atoms with Gasteiger partial charge in [0, 0.05) is 57.4 Å². The molecule has 0 radical (unpaired) electrons. The molecule has 1 heterocycles. The van der Waals surface area contributed by atoms with Gasteiger partial charge in [-0.25, -0.2) is 0 Å². The third-order valence-electron chi connectivity index (χ3n) is 24.9. The first-order valence-electron chi connectivity index (χ1n) is 48.3. The smallest absolute Gasteiger partial charge is 0.416 e. The van der Waals surface area contributed by atoms with Crippen molar-refractivity contribution in [2.24, 2.45) is 58.1 Å². The number of nitrogens with zero attached hydrogens (tertiary/aromatic N) is 1. The van der Waals surface area contributed by atoms with E-state index in [1.54, 1.807) is 86.6 Å². The summed E-state index contributed by atoms with van der Waals surface area (Å²) in [7, 11) is 1.17. The Kier molecular flexibility index (Phi) is 47.3. The number of alkyl halides is 3. The summed E-state index contributed by atoms with van der Waals surface area (Å²) in [6.07, 6.45) is -8.49. The number of aromatic hydroxyl groups is 1. The SMILES string of the molecule is CC(C)C[C@H]1NC(=O)[C@H](C)N(C)C(=O)[C@H](CCC(N)=O)NC(=O)[C@H](Cc2ccc(-c3ccccc3)cc2)NC(=O)[C@H](CCc2ccccc2)NC(=O)[C@H](Cc2cccc(C(F)(F)F)c2)NC(=O)[C@H](CC(=O)O)NC(=O)[C@H](Cc2ccc(O)cc2)NC(=O)[C@H]([C@@H](C)N)CC(=O)CSC[C@@H](C(=O)N[C@@H](CCN)C(N)=O)NC(=O)[C@H](CCC(N)=O)NC(=O)[C@H](C(C)C)NC(=O)[C@H](CC2CCCCC2)NC(=O)[C@H](CCN)NC1=O. The number of carbonyl (C=O) groups excluding carboxylic acids is 18. The average Bonchev–Trinajstić information content (AvgIpc) is 0.822. The molecule has 5 aromatic carbocycles. The third kappa shape index (κ3) is 39.3. The van der Waals surface area contributed by atoms with Crippen molar-refractivity contribution >= 4 is 124 Å². The van der Waals surface area contributed by atoms with Crippen molar-refractivity contribution in [3.05, 3.63) is 161 Å². The lowest BCUT2D eigenvalue weighted by atomic mass is 9.84. The van der Waals surface area contributed by atoms with Crippen LogP contribution in [0.25, 0.3) is 11.1 Å². The normalized spacial score (nSPS) is 23.6. The van der Waals surface area contributed by atoms with E-state index >= 15 is 33.6 Å². The molecule has 27 N–H and O–H groups in total. The molecule has 17 amide bonds. The fourth-order valence-electron chi connectivity index (χ4n) is 16.6. The van der Waals surface area contributed by atoms with Crippen LogP contribution < -0.4 is 104 Å². The van der Waals surface area contributed by atoms with Gasteiger partial charge in [0.2, 0.25) is 100 Å². The van der Waals surface area contributed by atoms with Gasteiger partial charge in [0.1, 0.15) is 96.1 Å². The molecule has 1 saturated carbocycles. The highest BCUT2D eigenvalue weighted by Gasteiger charge is 2.43. The molecule has 0 unspecified atom stereocenters. The number of hydrogen-bond acceptors (Lipinski definition) is 24. The van der Waals surface area contributed by atoms with Crippen molar-refractivity contribution in [3.63, 3.8) is 0 Å². The lowest BCUT2D eigenvalue weighted by Crippen LogP contribution is -2.61. The van der Waals surface area contributed by atoms with Crippen LogP contribution in [0, 0.1) is 23.7 Å². The molecule has 2 aliphatic rings. The van der Waals surface area contributed by atoms with Crippen molar-refractivity contribution in [2.45, 2.75) is 267 Å². The Bertz CT molecular complexity index is 5300. The van der Waals surface area contributed by atoms with Crippen LogP contribution in [-0.4, -0.2) is 250 Å². The summed E-state index contributed by atoms with van der Waals surface area (Å²) in [5, 5.41) is 54.1. The van der Waals surface area contributed by atoms with Gasteiger partial charge in [-0.15, -0.1) is 0 Å². The van der Waals surface area contributed by atoms with E-state index in [4.69, 9.17) is 34.4 Å². The highest BCUT2D eigenvalue weighted by molar-refractivity contribution is 8.00. The number of halogens is 3. The van der Waals surface area contributed by atoms with Gasteiger partial charge in [-0.2, -0.15) is 24.9 Å². The molecular weight excluding hydrogens is 1910 g/mol. The highest BCUT2D eigenvalue weighted by Crippen LogP contribution is 2.32. The zero-order valence-electron chi connectivity index (χ0n) is 82.2. The number of amides is 17. The van der Waals surface area contributed by atoms with Crippen LogP contribution in [0.15, 0.2) is 133 Å². The minimum atomic E-state index is -5.01. The third-order valence-corrected chi connectivity index (χ3v) is 26.0. The molecule has 0 spiro atoms. The summed E-state index contributed by atoms with van der Waals surface area (Å²) in [6.45, 7) is 8.67. The molecule has 16 atom stereocenters. The number of aryl methyl sites for hydroxylation is 1. The summed E-state index contributed by atoms with van der Waals surface area (Å²) >= 11 is 0.690. The Morgan fingerprint density at radius 2 is 0.945 bits per heavy atom. The number of nitrogens with one attached hydrogen (secondary N) is 13. The van der Waals surface area contributed by atoms with E-state index in [2.05, 4.69) is 69.1 Å². The van der Waals surface area contributed by atoms with Gasteiger partial charge in [-0.1, -0.05) is 175 Å². The van der Waals surface area contributed by atoms with Gasteiger partial charge in [0.25, 0.3) is 0 Å². The summed E-state index contributed by atoms with van der Waals surface area (Å²) in [5.74, 6) is -25.4. The molecule has 45 heteroatoms. The quantitative estimate of drug-likeness (QED) is 0.0286.